The molecular weight excluding hydrogens is 218 g/mol. The van der Waals surface area contributed by atoms with E-state index in [1.165, 1.54) is 31.4 Å². The van der Waals surface area contributed by atoms with Gasteiger partial charge in [-0.05, 0) is 37.1 Å². The van der Waals surface area contributed by atoms with Crippen LogP contribution >= 0.6 is 0 Å². The molecule has 1 aromatic carbocycles. The second-order valence-corrected chi connectivity index (χ2v) is 4.86. The highest BCUT2D eigenvalue weighted by molar-refractivity contribution is 5.51. The van der Waals surface area contributed by atoms with Gasteiger partial charge in [0.1, 0.15) is 0 Å². The molecule has 1 heteroatoms. The molecule has 1 aliphatic rings. The highest BCUT2D eigenvalue weighted by Crippen LogP contribution is 2.24. The fraction of sp³-hybridized carbons (Fsp3) is 0.294. The van der Waals surface area contributed by atoms with Gasteiger partial charge in [0, 0.05) is 23.9 Å². The van der Waals surface area contributed by atoms with Crippen LogP contribution in [0.3, 0.4) is 0 Å². The van der Waals surface area contributed by atoms with Crippen LogP contribution in [-0.4, -0.2) is 4.57 Å². The molecule has 3 rings (SSSR count). The average molecular weight is 235 g/mol. The van der Waals surface area contributed by atoms with Crippen LogP contribution in [0.4, 0.5) is 0 Å². The van der Waals surface area contributed by atoms with Crippen LogP contribution in [0, 0.1) is 17.8 Å². The van der Waals surface area contributed by atoms with Gasteiger partial charge in [-0.3, -0.25) is 0 Å². The quantitative estimate of drug-likeness (QED) is 0.658. The summed E-state index contributed by atoms with van der Waals surface area (Å²) < 4.78 is 2.12. The molecule has 1 nitrogen and oxygen atoms in total. The van der Waals surface area contributed by atoms with Crippen molar-refractivity contribution < 1.29 is 0 Å². The maximum absolute atomic E-state index is 3.44. The molecule has 1 fully saturated rings. The lowest BCUT2D eigenvalue weighted by molar-refractivity contribution is 0.712. The van der Waals surface area contributed by atoms with Gasteiger partial charge in [-0.25, -0.2) is 0 Å². The van der Waals surface area contributed by atoms with E-state index in [2.05, 4.69) is 53.1 Å². The van der Waals surface area contributed by atoms with Crippen molar-refractivity contribution >= 4 is 0 Å². The summed E-state index contributed by atoms with van der Waals surface area (Å²) in [5.74, 6) is 7.42. The highest BCUT2D eigenvalue weighted by Gasteiger charge is 2.11. The molecule has 1 aromatic heterocycles. The lowest BCUT2D eigenvalue weighted by Gasteiger charge is -2.05. The van der Waals surface area contributed by atoms with E-state index in [4.69, 9.17) is 0 Å². The van der Waals surface area contributed by atoms with Crippen molar-refractivity contribution in [3.05, 3.63) is 54.4 Å². The van der Waals surface area contributed by atoms with Crippen molar-refractivity contribution in [2.75, 3.05) is 0 Å². The number of aromatic nitrogens is 1. The van der Waals surface area contributed by atoms with Crippen LogP contribution in [0.25, 0.3) is 5.69 Å². The van der Waals surface area contributed by atoms with Gasteiger partial charge in [0.2, 0.25) is 0 Å². The fourth-order valence-electron chi connectivity index (χ4n) is 2.55. The first-order valence-electron chi connectivity index (χ1n) is 6.67. The Hall–Kier alpha value is -1.94. The summed E-state index contributed by atoms with van der Waals surface area (Å²) in [6.07, 6.45) is 9.38. The molecule has 0 saturated heterocycles. The van der Waals surface area contributed by atoms with Gasteiger partial charge in [0.15, 0.2) is 0 Å². The van der Waals surface area contributed by atoms with Crippen molar-refractivity contribution in [2.24, 2.45) is 5.92 Å². The van der Waals surface area contributed by atoms with Gasteiger partial charge in [-0.15, -0.1) is 0 Å². The highest BCUT2D eigenvalue weighted by atomic mass is 14.9. The predicted octanol–water partition coefficient (Wildman–Crippen LogP) is 4.02. The van der Waals surface area contributed by atoms with Gasteiger partial charge in [-0.2, -0.15) is 0 Å². The summed E-state index contributed by atoms with van der Waals surface area (Å²) in [4.78, 5) is 0. The van der Waals surface area contributed by atoms with Crippen LogP contribution in [0.15, 0.2) is 48.8 Å². The molecule has 0 radical (unpaired) electrons. The fourth-order valence-corrected chi connectivity index (χ4v) is 2.55. The third kappa shape index (κ3) is 2.33. The monoisotopic (exact) mass is 235 g/mol. The van der Waals surface area contributed by atoms with Gasteiger partial charge < -0.3 is 4.57 Å². The van der Waals surface area contributed by atoms with Crippen molar-refractivity contribution in [2.45, 2.75) is 25.7 Å². The Labute approximate surface area is 108 Å². The normalized spacial score (nSPS) is 15.3. The predicted molar refractivity (Wildman–Crippen MR) is 74.6 cm³/mol. The van der Waals surface area contributed by atoms with Crippen LogP contribution in [-0.2, 0) is 0 Å². The van der Waals surface area contributed by atoms with Gasteiger partial charge in [0.05, 0.1) is 5.69 Å². The first kappa shape index (κ1) is 11.2. The summed E-state index contributed by atoms with van der Waals surface area (Å²) >= 11 is 0. The average Bonchev–Trinajstić information content (AvgIpc) is 3.10. The zero-order valence-corrected chi connectivity index (χ0v) is 10.5. The van der Waals surface area contributed by atoms with Gasteiger partial charge in [-0.1, -0.05) is 36.8 Å². The molecule has 0 amide bonds. The number of rotatable bonds is 1. The van der Waals surface area contributed by atoms with E-state index >= 15 is 0 Å². The Morgan fingerprint density at radius 1 is 0.944 bits per heavy atom. The van der Waals surface area contributed by atoms with Crippen molar-refractivity contribution in [1.29, 1.82) is 0 Å². The van der Waals surface area contributed by atoms with Crippen molar-refractivity contribution in [3.63, 3.8) is 0 Å². The summed E-state index contributed by atoms with van der Waals surface area (Å²) in [5.41, 5.74) is 2.30. The van der Waals surface area contributed by atoms with Crippen LogP contribution in [0.1, 0.15) is 31.2 Å². The van der Waals surface area contributed by atoms with E-state index in [1.54, 1.807) is 0 Å². The maximum atomic E-state index is 3.44. The molecule has 0 bridgehead atoms. The summed E-state index contributed by atoms with van der Waals surface area (Å²) in [5, 5.41) is 0. The number of para-hydroxylation sites is 1. The van der Waals surface area contributed by atoms with E-state index in [0.29, 0.717) is 5.92 Å². The summed E-state index contributed by atoms with van der Waals surface area (Å²) in [7, 11) is 0. The number of hydrogen-bond donors (Lipinski definition) is 0. The molecule has 0 unspecified atom stereocenters. The zero-order chi connectivity index (χ0) is 12.2. The van der Waals surface area contributed by atoms with E-state index in [1.807, 2.05) is 12.1 Å². The smallest absolute Gasteiger partial charge is 0.0606 e. The molecule has 1 heterocycles. The van der Waals surface area contributed by atoms with E-state index in [0.717, 1.165) is 5.56 Å². The van der Waals surface area contributed by atoms with Crippen LogP contribution < -0.4 is 0 Å². The molecule has 90 valence electrons. The Kier molecular flexibility index (Phi) is 3.19. The second kappa shape index (κ2) is 5.14. The first-order chi connectivity index (χ1) is 8.93. The number of benzene rings is 1. The standard InChI is InChI=1S/C17H17N/c1-2-8-15(7-1)11-12-16-9-3-4-10-17(16)18-13-5-6-14-18/h3-6,9-10,13-15H,1-2,7-8H2. The number of nitrogens with zero attached hydrogens (tertiary/aromatic N) is 1. The van der Waals surface area contributed by atoms with E-state index in [-0.39, 0.29) is 0 Å². The molecule has 1 aliphatic carbocycles. The molecular formula is C17H17N. The second-order valence-electron chi connectivity index (χ2n) is 4.86. The summed E-state index contributed by atoms with van der Waals surface area (Å²) in [6, 6.07) is 12.4. The topological polar surface area (TPSA) is 4.93 Å². The number of hydrogen-bond acceptors (Lipinski definition) is 0. The molecule has 2 aromatic rings. The lowest BCUT2D eigenvalue weighted by atomic mass is 10.1. The molecule has 18 heavy (non-hydrogen) atoms. The Balaban J connectivity index is 1.92. The Morgan fingerprint density at radius 2 is 1.67 bits per heavy atom. The minimum atomic E-state index is 0.614. The Bertz CT molecular complexity index is 563. The maximum Gasteiger partial charge on any atom is 0.0606 e. The van der Waals surface area contributed by atoms with E-state index in [9.17, 15) is 0 Å². The minimum Gasteiger partial charge on any atom is -0.323 e. The summed E-state index contributed by atoms with van der Waals surface area (Å²) in [6.45, 7) is 0. The molecule has 0 spiro atoms. The third-order valence-corrected chi connectivity index (χ3v) is 3.55. The van der Waals surface area contributed by atoms with Gasteiger partial charge in [0.25, 0.3) is 0 Å². The lowest BCUT2D eigenvalue weighted by Crippen LogP contribution is -1.94. The largest absolute Gasteiger partial charge is 0.323 e. The van der Waals surface area contributed by atoms with Gasteiger partial charge >= 0.3 is 0 Å². The van der Waals surface area contributed by atoms with Crippen molar-refractivity contribution in [3.8, 4) is 17.5 Å². The SMILES string of the molecule is C(#CC1CCCC1)c1ccccc1-n1cccc1. The molecule has 0 N–H and O–H groups in total. The van der Waals surface area contributed by atoms with Crippen molar-refractivity contribution in [1.82, 2.24) is 4.57 Å². The molecule has 0 atom stereocenters. The third-order valence-electron chi connectivity index (χ3n) is 3.55. The zero-order valence-electron chi connectivity index (χ0n) is 10.5. The molecule has 0 aliphatic heterocycles. The van der Waals surface area contributed by atoms with Crippen LogP contribution in [0.5, 0.6) is 0 Å². The minimum absolute atomic E-state index is 0.614. The van der Waals surface area contributed by atoms with E-state index < -0.39 is 0 Å². The molecule has 1 saturated carbocycles. The van der Waals surface area contributed by atoms with Crippen LogP contribution in [0.2, 0.25) is 0 Å². The first-order valence-corrected chi connectivity index (χ1v) is 6.67. The Morgan fingerprint density at radius 3 is 2.44 bits per heavy atom.